The first-order chi connectivity index (χ1) is 20.4. The van der Waals surface area contributed by atoms with E-state index >= 15 is 0 Å². The number of carbonyl (C=O) groups excluding carboxylic acids is 1. The van der Waals surface area contributed by atoms with Gasteiger partial charge in [-0.15, -0.1) is 0 Å². The summed E-state index contributed by atoms with van der Waals surface area (Å²) in [6.45, 7) is 22.0. The largest absolute Gasteiger partial charge is 0.457 e. The molecule has 252 valence electrons. The molecule has 1 aliphatic heterocycles. The molecule has 0 amide bonds. The van der Waals surface area contributed by atoms with E-state index in [9.17, 15) is 15.0 Å². The van der Waals surface area contributed by atoms with Crippen molar-refractivity contribution in [3.63, 3.8) is 0 Å². The minimum Gasteiger partial charge on any atom is -0.457 e. The fraction of sp³-hybridized carbons (Fsp3) is 0.973. The molecule has 7 heteroatoms. The molecule has 1 heterocycles. The maximum atomic E-state index is 12.5. The van der Waals surface area contributed by atoms with Crippen LogP contribution in [-0.2, 0) is 19.0 Å². The van der Waals surface area contributed by atoms with Gasteiger partial charge in [-0.3, -0.25) is 4.79 Å². The Morgan fingerprint density at radius 1 is 1.07 bits per heavy atom. The van der Waals surface area contributed by atoms with Crippen LogP contribution in [0.5, 0.6) is 0 Å². The van der Waals surface area contributed by atoms with Crippen LogP contribution in [0.3, 0.4) is 0 Å². The highest BCUT2D eigenvalue weighted by Gasteiger charge is 2.84. The van der Waals surface area contributed by atoms with Crippen LogP contribution in [0.15, 0.2) is 0 Å². The SMILES string of the molecule is CCN(C)CCO[C@H]1CCC23C[C@]24CC[C@]2(C)[C@@H]5[C@H](O[C@@H]([C@H](OC(C)=O)C(C)(C)O)C[C@H]5C)[C@H](O)[C@@]2(C)[C@@H]4CC[C@H]3C1(C)C. The lowest BCUT2D eigenvalue weighted by Crippen LogP contribution is -2.60. The van der Waals surface area contributed by atoms with E-state index in [4.69, 9.17) is 14.2 Å². The number of ether oxygens (including phenoxy) is 3. The lowest BCUT2D eigenvalue weighted by Gasteiger charge is -2.63. The number of aliphatic hydroxyl groups is 2. The number of nitrogens with zero attached hydrogens (tertiary/aromatic N) is 1. The molecular formula is C37H63NO6. The molecule has 7 nitrogen and oxygen atoms in total. The maximum absolute atomic E-state index is 12.5. The lowest BCUT2D eigenvalue weighted by molar-refractivity contribution is -0.216. The van der Waals surface area contributed by atoms with Crippen molar-refractivity contribution >= 4 is 5.97 Å². The second-order valence-corrected chi connectivity index (χ2v) is 18.0. The van der Waals surface area contributed by atoms with E-state index in [1.54, 1.807) is 13.8 Å². The standard InChI is InChI=1S/C37H63NO6/c1-11-38(10)18-19-42-27-14-15-36-21-37(36)17-16-34(8)28-22(2)20-24(31(33(6,7)41)43-23(3)39)44-29(28)30(40)35(34,9)26(37)13-12-25(36)32(27,4)5/h22,24-31,40-41H,11-21H2,1-10H3/t22-,24-,25+,26+,27+,28+,29+,30+,31+,34-,35-,36?,37+/m1/s1. The van der Waals surface area contributed by atoms with Crippen molar-refractivity contribution in [1.82, 2.24) is 4.90 Å². The summed E-state index contributed by atoms with van der Waals surface area (Å²) in [5, 5.41) is 23.5. The number of aliphatic hydroxyl groups excluding tert-OH is 1. The quantitative estimate of drug-likeness (QED) is 0.331. The van der Waals surface area contributed by atoms with E-state index in [1.165, 1.54) is 39.0 Å². The molecule has 2 spiro atoms. The van der Waals surface area contributed by atoms with E-state index in [2.05, 4.69) is 53.5 Å². The van der Waals surface area contributed by atoms with Gasteiger partial charge in [-0.2, -0.15) is 0 Å². The molecule has 0 aromatic rings. The highest BCUT2D eigenvalue weighted by atomic mass is 16.6. The third kappa shape index (κ3) is 4.40. The second kappa shape index (κ2) is 10.6. The van der Waals surface area contributed by atoms with Crippen LogP contribution in [0.1, 0.15) is 114 Å². The molecule has 2 N–H and O–H groups in total. The van der Waals surface area contributed by atoms with Gasteiger partial charge in [-0.1, -0.05) is 41.5 Å². The smallest absolute Gasteiger partial charge is 0.303 e. The van der Waals surface area contributed by atoms with Crippen molar-refractivity contribution in [3.8, 4) is 0 Å². The number of hydrogen-bond acceptors (Lipinski definition) is 7. The van der Waals surface area contributed by atoms with Gasteiger partial charge >= 0.3 is 5.97 Å². The topological polar surface area (TPSA) is 88.5 Å². The first-order valence-corrected chi connectivity index (χ1v) is 17.9. The molecule has 44 heavy (non-hydrogen) atoms. The number of esters is 1. The molecular weight excluding hydrogens is 554 g/mol. The lowest BCUT2D eigenvalue weighted by atomic mass is 9.41. The molecule has 1 unspecified atom stereocenters. The van der Waals surface area contributed by atoms with Gasteiger partial charge in [0.2, 0.25) is 0 Å². The molecule has 0 aromatic heterocycles. The summed E-state index contributed by atoms with van der Waals surface area (Å²) >= 11 is 0. The fourth-order valence-corrected chi connectivity index (χ4v) is 13.2. The predicted octanol–water partition coefficient (Wildman–Crippen LogP) is 5.84. The van der Waals surface area contributed by atoms with Crippen LogP contribution in [0, 0.1) is 50.7 Å². The first kappa shape index (κ1) is 33.2. The van der Waals surface area contributed by atoms with Gasteiger partial charge in [-0.05, 0) is 124 Å². The van der Waals surface area contributed by atoms with Crippen molar-refractivity contribution in [2.45, 2.75) is 150 Å². The van der Waals surface area contributed by atoms with E-state index in [-0.39, 0.29) is 34.2 Å². The van der Waals surface area contributed by atoms with Gasteiger partial charge in [0.25, 0.3) is 0 Å². The van der Waals surface area contributed by atoms with Crippen molar-refractivity contribution in [2.24, 2.45) is 50.7 Å². The summed E-state index contributed by atoms with van der Waals surface area (Å²) in [6, 6.07) is 0. The predicted molar refractivity (Wildman–Crippen MR) is 171 cm³/mol. The first-order valence-electron chi connectivity index (χ1n) is 17.9. The van der Waals surface area contributed by atoms with Crippen LogP contribution >= 0.6 is 0 Å². The molecule has 1 saturated heterocycles. The highest BCUT2D eigenvalue weighted by Crippen LogP contribution is 2.89. The molecule has 0 bridgehead atoms. The zero-order valence-corrected chi connectivity index (χ0v) is 29.4. The Kier molecular flexibility index (Phi) is 8.02. The maximum Gasteiger partial charge on any atom is 0.303 e. The summed E-state index contributed by atoms with van der Waals surface area (Å²) in [4.78, 5) is 14.4. The zero-order chi connectivity index (χ0) is 32.3. The van der Waals surface area contributed by atoms with E-state index in [1.807, 2.05) is 0 Å². The molecule has 0 aromatic carbocycles. The Balaban J connectivity index is 1.26. The van der Waals surface area contributed by atoms with Crippen LogP contribution in [0.4, 0.5) is 0 Å². The Bertz CT molecular complexity index is 1120. The average molecular weight is 618 g/mol. The van der Waals surface area contributed by atoms with Gasteiger partial charge in [0.15, 0.2) is 6.10 Å². The Hall–Kier alpha value is -0.730. The summed E-state index contributed by atoms with van der Waals surface area (Å²) in [5.41, 5.74) is -0.688. The third-order valence-corrected chi connectivity index (χ3v) is 15.4. The summed E-state index contributed by atoms with van der Waals surface area (Å²) in [5.74, 6) is 1.26. The average Bonchev–Trinajstić information content (AvgIpc) is 3.56. The van der Waals surface area contributed by atoms with Crippen molar-refractivity contribution in [3.05, 3.63) is 0 Å². The van der Waals surface area contributed by atoms with E-state index in [0.29, 0.717) is 35.2 Å². The molecule has 13 atom stereocenters. The number of rotatable bonds is 8. The summed E-state index contributed by atoms with van der Waals surface area (Å²) < 4.78 is 19.2. The van der Waals surface area contributed by atoms with Crippen molar-refractivity contribution in [1.29, 1.82) is 0 Å². The van der Waals surface area contributed by atoms with Crippen LogP contribution in [0.2, 0.25) is 0 Å². The Morgan fingerprint density at radius 2 is 1.73 bits per heavy atom. The number of hydrogen-bond donors (Lipinski definition) is 2. The Morgan fingerprint density at radius 3 is 2.36 bits per heavy atom. The van der Waals surface area contributed by atoms with Gasteiger partial charge in [0.1, 0.15) is 0 Å². The monoisotopic (exact) mass is 617 g/mol. The van der Waals surface area contributed by atoms with E-state index < -0.39 is 29.9 Å². The molecule has 0 radical (unpaired) electrons. The molecule has 6 aliphatic rings. The summed E-state index contributed by atoms with van der Waals surface area (Å²) in [7, 11) is 2.17. The molecule has 6 rings (SSSR count). The van der Waals surface area contributed by atoms with Crippen LogP contribution in [0.25, 0.3) is 0 Å². The van der Waals surface area contributed by atoms with Crippen LogP contribution < -0.4 is 0 Å². The van der Waals surface area contributed by atoms with Crippen LogP contribution in [-0.4, -0.2) is 83.9 Å². The van der Waals surface area contributed by atoms with Gasteiger partial charge in [0, 0.05) is 18.9 Å². The van der Waals surface area contributed by atoms with Crippen molar-refractivity contribution < 1.29 is 29.2 Å². The second-order valence-electron chi connectivity index (χ2n) is 18.0. The van der Waals surface area contributed by atoms with Gasteiger partial charge in [0.05, 0.1) is 36.6 Å². The molecule has 5 saturated carbocycles. The molecule has 5 aliphatic carbocycles. The minimum absolute atomic E-state index is 0.0270. The number of likely N-dealkylation sites (N-methyl/N-ethyl adjacent to an activating group) is 1. The summed E-state index contributed by atoms with van der Waals surface area (Å²) in [6.07, 6.45) is 7.41. The number of carbonyl (C=O) groups is 1. The fourth-order valence-electron chi connectivity index (χ4n) is 13.2. The van der Waals surface area contributed by atoms with Gasteiger partial charge in [-0.25, -0.2) is 0 Å². The number of fused-ring (bicyclic) bond motifs is 4. The zero-order valence-electron chi connectivity index (χ0n) is 29.4. The molecule has 6 fully saturated rings. The van der Waals surface area contributed by atoms with Crippen molar-refractivity contribution in [2.75, 3.05) is 26.7 Å². The van der Waals surface area contributed by atoms with E-state index in [0.717, 1.165) is 32.5 Å². The normalized spacial score (nSPS) is 49.7. The van der Waals surface area contributed by atoms with Gasteiger partial charge < -0.3 is 29.3 Å². The highest BCUT2D eigenvalue weighted by molar-refractivity contribution is 5.66. The third-order valence-electron chi connectivity index (χ3n) is 15.4. The minimum atomic E-state index is -1.24. The Labute approximate surface area is 267 Å².